The zero-order valence-corrected chi connectivity index (χ0v) is 9.01. The maximum atomic E-state index is 13.2. The molecule has 0 heterocycles. The Kier molecular flexibility index (Phi) is 3.72. The first-order valence-electron chi connectivity index (χ1n) is 5.49. The highest BCUT2D eigenvalue weighted by molar-refractivity contribution is 5.29. The van der Waals surface area contributed by atoms with Gasteiger partial charge in [-0.3, -0.25) is 0 Å². The normalized spacial score (nSPS) is 15.1. The standard InChI is InChI=1S/C12H15F2NO/c13-3-4-16-12-6-9(5-10(14)7-12)8-15-11-1-2-11/h5-7,11,15H,1-4,8H2. The van der Waals surface area contributed by atoms with Crippen LogP contribution in [0.4, 0.5) is 8.78 Å². The molecule has 88 valence electrons. The molecular formula is C12H15F2NO. The van der Waals surface area contributed by atoms with Crippen LogP contribution in [0.5, 0.6) is 5.75 Å². The molecule has 4 heteroatoms. The van der Waals surface area contributed by atoms with Crippen LogP contribution < -0.4 is 10.1 Å². The number of ether oxygens (including phenoxy) is 1. The number of halogens is 2. The van der Waals surface area contributed by atoms with Crippen molar-refractivity contribution in [3.05, 3.63) is 29.6 Å². The molecule has 1 saturated carbocycles. The van der Waals surface area contributed by atoms with E-state index in [9.17, 15) is 8.78 Å². The highest BCUT2D eigenvalue weighted by atomic mass is 19.1. The van der Waals surface area contributed by atoms with Gasteiger partial charge in [0.05, 0.1) is 0 Å². The van der Waals surface area contributed by atoms with E-state index in [0.29, 0.717) is 18.3 Å². The summed E-state index contributed by atoms with van der Waals surface area (Å²) in [5, 5.41) is 3.29. The van der Waals surface area contributed by atoms with E-state index >= 15 is 0 Å². The molecule has 0 aromatic heterocycles. The minimum absolute atomic E-state index is 0.0288. The molecule has 0 radical (unpaired) electrons. The fourth-order valence-electron chi connectivity index (χ4n) is 1.51. The summed E-state index contributed by atoms with van der Waals surface area (Å²) < 4.78 is 30.2. The fraction of sp³-hybridized carbons (Fsp3) is 0.500. The van der Waals surface area contributed by atoms with E-state index in [1.807, 2.05) is 0 Å². The van der Waals surface area contributed by atoms with Crippen molar-refractivity contribution in [1.29, 1.82) is 0 Å². The zero-order chi connectivity index (χ0) is 11.4. The van der Waals surface area contributed by atoms with Gasteiger partial charge in [-0.15, -0.1) is 0 Å². The summed E-state index contributed by atoms with van der Waals surface area (Å²) >= 11 is 0. The van der Waals surface area contributed by atoms with Gasteiger partial charge in [-0.1, -0.05) is 0 Å². The lowest BCUT2D eigenvalue weighted by atomic mass is 10.2. The third-order valence-corrected chi connectivity index (χ3v) is 2.45. The van der Waals surface area contributed by atoms with Crippen molar-refractivity contribution >= 4 is 0 Å². The molecule has 1 aliphatic carbocycles. The quantitative estimate of drug-likeness (QED) is 0.805. The summed E-state index contributed by atoms with van der Waals surface area (Å²) in [6.07, 6.45) is 2.39. The first-order valence-corrected chi connectivity index (χ1v) is 5.49. The average Bonchev–Trinajstić information content (AvgIpc) is 3.07. The second kappa shape index (κ2) is 5.25. The number of hydrogen-bond donors (Lipinski definition) is 1. The van der Waals surface area contributed by atoms with Crippen LogP contribution in [0, 0.1) is 5.82 Å². The molecule has 1 aromatic carbocycles. The molecular weight excluding hydrogens is 212 g/mol. The molecule has 1 N–H and O–H groups in total. The lowest BCUT2D eigenvalue weighted by molar-refractivity contribution is 0.272. The molecule has 0 spiro atoms. The van der Waals surface area contributed by atoms with Gasteiger partial charge in [-0.2, -0.15) is 0 Å². The lowest BCUT2D eigenvalue weighted by Gasteiger charge is -2.08. The Hall–Kier alpha value is -1.16. The summed E-state index contributed by atoms with van der Waals surface area (Å²) in [7, 11) is 0. The van der Waals surface area contributed by atoms with Gasteiger partial charge in [0, 0.05) is 18.7 Å². The number of nitrogens with one attached hydrogen (secondary N) is 1. The van der Waals surface area contributed by atoms with E-state index in [4.69, 9.17) is 4.74 Å². The topological polar surface area (TPSA) is 21.3 Å². The Labute approximate surface area is 93.6 Å². The first-order chi connectivity index (χ1) is 7.78. The van der Waals surface area contributed by atoms with Crippen molar-refractivity contribution in [2.45, 2.75) is 25.4 Å². The van der Waals surface area contributed by atoms with Gasteiger partial charge in [0.25, 0.3) is 0 Å². The largest absolute Gasteiger partial charge is 0.491 e. The number of hydrogen-bond acceptors (Lipinski definition) is 2. The summed E-state index contributed by atoms with van der Waals surface area (Å²) in [5.74, 6) is 0.0502. The molecule has 1 aliphatic rings. The van der Waals surface area contributed by atoms with Crippen molar-refractivity contribution in [3.63, 3.8) is 0 Å². The molecule has 1 aromatic rings. The molecule has 16 heavy (non-hydrogen) atoms. The summed E-state index contributed by atoms with van der Waals surface area (Å²) in [6, 6.07) is 5.07. The van der Waals surface area contributed by atoms with E-state index in [-0.39, 0.29) is 12.4 Å². The predicted octanol–water partition coefficient (Wildman–Crippen LogP) is 2.43. The summed E-state index contributed by atoms with van der Waals surface area (Å²) in [6.45, 7) is 0.0412. The second-order valence-corrected chi connectivity index (χ2v) is 3.99. The van der Waals surface area contributed by atoms with Crippen LogP contribution in [0.25, 0.3) is 0 Å². The molecule has 1 fully saturated rings. The molecule has 0 amide bonds. The van der Waals surface area contributed by atoms with E-state index in [1.165, 1.54) is 25.0 Å². The molecule has 0 aliphatic heterocycles. The van der Waals surface area contributed by atoms with Crippen molar-refractivity contribution in [3.8, 4) is 5.75 Å². The number of rotatable bonds is 6. The fourth-order valence-corrected chi connectivity index (χ4v) is 1.51. The summed E-state index contributed by atoms with van der Waals surface area (Å²) in [5.41, 5.74) is 0.834. The summed E-state index contributed by atoms with van der Waals surface area (Å²) in [4.78, 5) is 0. The Morgan fingerprint density at radius 3 is 2.81 bits per heavy atom. The smallest absolute Gasteiger partial charge is 0.127 e. The third-order valence-electron chi connectivity index (χ3n) is 2.45. The average molecular weight is 227 g/mol. The maximum absolute atomic E-state index is 13.2. The molecule has 0 unspecified atom stereocenters. The van der Waals surface area contributed by atoms with Gasteiger partial charge < -0.3 is 10.1 Å². The van der Waals surface area contributed by atoms with E-state index < -0.39 is 6.67 Å². The minimum Gasteiger partial charge on any atom is -0.491 e. The van der Waals surface area contributed by atoms with Crippen LogP contribution in [-0.4, -0.2) is 19.3 Å². The van der Waals surface area contributed by atoms with Crippen molar-refractivity contribution in [1.82, 2.24) is 5.32 Å². The van der Waals surface area contributed by atoms with Crippen LogP contribution in [0.3, 0.4) is 0 Å². The van der Waals surface area contributed by atoms with Crippen molar-refractivity contribution in [2.75, 3.05) is 13.3 Å². The Morgan fingerprint density at radius 2 is 2.12 bits per heavy atom. The molecule has 2 rings (SSSR count). The molecule has 0 saturated heterocycles. The SMILES string of the molecule is FCCOc1cc(F)cc(CNC2CC2)c1. The maximum Gasteiger partial charge on any atom is 0.127 e. The lowest BCUT2D eigenvalue weighted by Crippen LogP contribution is -2.15. The van der Waals surface area contributed by atoms with Gasteiger partial charge >= 0.3 is 0 Å². The molecule has 0 atom stereocenters. The van der Waals surface area contributed by atoms with Crippen LogP contribution in [0.2, 0.25) is 0 Å². The number of benzene rings is 1. The van der Waals surface area contributed by atoms with E-state index in [1.54, 1.807) is 6.07 Å². The highest BCUT2D eigenvalue weighted by Crippen LogP contribution is 2.21. The number of alkyl halides is 1. The van der Waals surface area contributed by atoms with Crippen LogP contribution in [0.1, 0.15) is 18.4 Å². The van der Waals surface area contributed by atoms with Gasteiger partial charge in [-0.25, -0.2) is 8.78 Å². The monoisotopic (exact) mass is 227 g/mol. The van der Waals surface area contributed by atoms with Crippen LogP contribution >= 0.6 is 0 Å². The van der Waals surface area contributed by atoms with Crippen LogP contribution in [0.15, 0.2) is 18.2 Å². The van der Waals surface area contributed by atoms with Gasteiger partial charge in [-0.05, 0) is 30.5 Å². The second-order valence-electron chi connectivity index (χ2n) is 3.99. The predicted molar refractivity (Wildman–Crippen MR) is 57.7 cm³/mol. The molecule has 0 bridgehead atoms. The Balaban J connectivity index is 1.96. The van der Waals surface area contributed by atoms with Crippen molar-refractivity contribution in [2.24, 2.45) is 0 Å². The Morgan fingerprint density at radius 1 is 1.31 bits per heavy atom. The van der Waals surface area contributed by atoms with Gasteiger partial charge in [0.1, 0.15) is 24.8 Å². The first kappa shape index (κ1) is 11.3. The third kappa shape index (κ3) is 3.45. The van der Waals surface area contributed by atoms with Crippen molar-refractivity contribution < 1.29 is 13.5 Å². The van der Waals surface area contributed by atoms with Gasteiger partial charge in [0.2, 0.25) is 0 Å². The van der Waals surface area contributed by atoms with E-state index in [0.717, 1.165) is 5.56 Å². The molecule has 2 nitrogen and oxygen atoms in total. The minimum atomic E-state index is -0.563. The zero-order valence-electron chi connectivity index (χ0n) is 9.01. The van der Waals surface area contributed by atoms with Crippen LogP contribution in [-0.2, 0) is 6.54 Å². The van der Waals surface area contributed by atoms with Gasteiger partial charge in [0.15, 0.2) is 0 Å². The van der Waals surface area contributed by atoms with E-state index in [2.05, 4.69) is 5.32 Å². The Bertz CT molecular complexity index is 353. The highest BCUT2D eigenvalue weighted by Gasteiger charge is 2.20.